The van der Waals surface area contributed by atoms with Gasteiger partial charge in [0.25, 0.3) is 0 Å². The largest absolute Gasteiger partial charge is 0.480 e. The first-order valence-electron chi connectivity index (χ1n) is 6.10. The van der Waals surface area contributed by atoms with Gasteiger partial charge in [-0.05, 0) is 31.6 Å². The lowest BCUT2D eigenvalue weighted by Gasteiger charge is -2.26. The summed E-state index contributed by atoms with van der Waals surface area (Å²) in [5.41, 5.74) is 0. The molecule has 0 saturated heterocycles. The van der Waals surface area contributed by atoms with Crippen LogP contribution in [0.5, 0.6) is 0 Å². The molecule has 1 aliphatic carbocycles. The van der Waals surface area contributed by atoms with Crippen LogP contribution in [0.3, 0.4) is 0 Å². The maximum atomic E-state index is 10.9. The van der Waals surface area contributed by atoms with Crippen LogP contribution in [0.25, 0.3) is 0 Å². The van der Waals surface area contributed by atoms with Crippen molar-refractivity contribution in [3.63, 3.8) is 0 Å². The van der Waals surface area contributed by atoms with Crippen LogP contribution in [0.1, 0.15) is 39.5 Å². The van der Waals surface area contributed by atoms with Crippen molar-refractivity contribution >= 4 is 23.6 Å². The second kappa shape index (κ2) is 6.89. The number of carbonyl (C=O) groups is 2. The molecule has 1 fully saturated rings. The Kier molecular flexibility index (Phi) is 5.82. The molecular weight excluding hydrogens is 238 g/mol. The molecule has 0 bridgehead atoms. The van der Waals surface area contributed by atoms with Gasteiger partial charge in [-0.15, -0.1) is 0 Å². The number of carboxylic acids is 1. The summed E-state index contributed by atoms with van der Waals surface area (Å²) < 4.78 is 0. The van der Waals surface area contributed by atoms with E-state index in [1.807, 2.05) is 0 Å². The van der Waals surface area contributed by atoms with Crippen LogP contribution in [0.2, 0.25) is 0 Å². The molecule has 5 heteroatoms. The lowest BCUT2D eigenvalue weighted by molar-refractivity contribution is -0.140. The topological polar surface area (TPSA) is 66.4 Å². The molecule has 0 spiro atoms. The zero-order chi connectivity index (χ0) is 12.8. The minimum atomic E-state index is -0.947. The smallest absolute Gasteiger partial charge is 0.327 e. The Morgan fingerprint density at radius 2 is 1.94 bits per heavy atom. The van der Waals surface area contributed by atoms with Gasteiger partial charge in [-0.1, -0.05) is 6.92 Å². The van der Waals surface area contributed by atoms with E-state index in [1.54, 1.807) is 11.8 Å². The molecule has 1 aliphatic rings. The van der Waals surface area contributed by atoms with Gasteiger partial charge in [-0.3, -0.25) is 4.79 Å². The molecule has 2 N–H and O–H groups in total. The summed E-state index contributed by atoms with van der Waals surface area (Å²) in [7, 11) is 0. The predicted octanol–water partition coefficient (Wildman–Crippen LogP) is 1.89. The summed E-state index contributed by atoms with van der Waals surface area (Å²) in [5.74, 6) is 0.0399. The second-order valence-electron chi connectivity index (χ2n) is 4.81. The van der Waals surface area contributed by atoms with Crippen LogP contribution in [0.15, 0.2) is 0 Å². The van der Waals surface area contributed by atoms with Gasteiger partial charge < -0.3 is 10.4 Å². The van der Waals surface area contributed by atoms with Crippen molar-refractivity contribution in [2.24, 2.45) is 5.92 Å². The zero-order valence-corrected chi connectivity index (χ0v) is 11.3. The van der Waals surface area contributed by atoms with Crippen molar-refractivity contribution in [2.45, 2.75) is 50.8 Å². The maximum Gasteiger partial charge on any atom is 0.327 e. The number of nitrogens with one attached hydrogen (secondary N) is 1. The van der Waals surface area contributed by atoms with Crippen LogP contribution in [0, 0.1) is 5.92 Å². The van der Waals surface area contributed by atoms with Crippen LogP contribution < -0.4 is 5.32 Å². The molecule has 0 radical (unpaired) electrons. The number of thioether (sulfide) groups is 1. The van der Waals surface area contributed by atoms with Crippen molar-refractivity contribution in [3.8, 4) is 0 Å². The predicted molar refractivity (Wildman–Crippen MR) is 69.1 cm³/mol. The van der Waals surface area contributed by atoms with Crippen LogP contribution in [0.4, 0.5) is 0 Å². The van der Waals surface area contributed by atoms with E-state index in [9.17, 15) is 9.59 Å². The fraction of sp³-hybridized carbons (Fsp3) is 0.833. The molecule has 1 atom stereocenters. The Hall–Kier alpha value is -0.710. The summed E-state index contributed by atoms with van der Waals surface area (Å²) >= 11 is 1.68. The Labute approximate surface area is 107 Å². The fourth-order valence-electron chi connectivity index (χ4n) is 2.05. The van der Waals surface area contributed by atoms with Gasteiger partial charge in [0.15, 0.2) is 0 Å². The number of rotatable bonds is 5. The first kappa shape index (κ1) is 14.4. The molecule has 1 amide bonds. The van der Waals surface area contributed by atoms with Gasteiger partial charge in [-0.25, -0.2) is 4.79 Å². The third kappa shape index (κ3) is 5.44. The highest BCUT2D eigenvalue weighted by atomic mass is 32.2. The number of aliphatic carboxylic acids is 1. The van der Waals surface area contributed by atoms with Crippen molar-refractivity contribution in [1.29, 1.82) is 0 Å². The lowest BCUT2D eigenvalue weighted by atomic mass is 9.91. The van der Waals surface area contributed by atoms with Crippen LogP contribution >= 0.6 is 11.8 Å². The Morgan fingerprint density at radius 3 is 2.41 bits per heavy atom. The lowest BCUT2D eigenvalue weighted by Crippen LogP contribution is -2.41. The summed E-state index contributed by atoms with van der Waals surface area (Å²) in [6.45, 7) is 3.61. The van der Waals surface area contributed by atoms with Crippen molar-refractivity contribution in [3.05, 3.63) is 0 Å². The minimum Gasteiger partial charge on any atom is -0.480 e. The van der Waals surface area contributed by atoms with Crippen molar-refractivity contribution in [2.75, 3.05) is 5.75 Å². The highest BCUT2D eigenvalue weighted by Crippen LogP contribution is 2.31. The standard InChI is InChI=1S/C12H21NO3S/c1-8-3-5-10(6-4-8)17-7-11(12(15)16)13-9(2)14/h8,10-11H,3-7H2,1-2H3,(H,13,14)(H,15,16). The normalized spacial score (nSPS) is 26.2. The molecule has 0 heterocycles. The van der Waals surface area contributed by atoms with Gasteiger partial charge in [0.2, 0.25) is 5.91 Å². The first-order chi connectivity index (χ1) is 7.99. The molecule has 0 aromatic rings. The van der Waals surface area contributed by atoms with Gasteiger partial charge in [0.1, 0.15) is 6.04 Å². The number of amides is 1. The van der Waals surface area contributed by atoms with Gasteiger partial charge >= 0.3 is 5.97 Å². The van der Waals surface area contributed by atoms with E-state index in [0.717, 1.165) is 18.8 Å². The van der Waals surface area contributed by atoms with E-state index >= 15 is 0 Å². The number of carbonyl (C=O) groups excluding carboxylic acids is 1. The average molecular weight is 259 g/mol. The van der Waals surface area contributed by atoms with Crippen LogP contribution in [-0.4, -0.2) is 34.0 Å². The Morgan fingerprint density at radius 1 is 1.35 bits per heavy atom. The summed E-state index contributed by atoms with van der Waals surface area (Å²) in [5, 5.41) is 12.0. The SMILES string of the molecule is CC(=O)NC(CSC1CCC(C)CC1)C(=O)O. The van der Waals surface area contributed by atoms with Crippen molar-refractivity contribution in [1.82, 2.24) is 5.32 Å². The highest BCUT2D eigenvalue weighted by molar-refractivity contribution is 7.99. The molecule has 1 rings (SSSR count). The third-order valence-corrected chi connectivity index (χ3v) is 4.61. The first-order valence-corrected chi connectivity index (χ1v) is 7.15. The van der Waals surface area contributed by atoms with E-state index in [0.29, 0.717) is 11.0 Å². The maximum absolute atomic E-state index is 10.9. The monoisotopic (exact) mass is 259 g/mol. The molecular formula is C12H21NO3S. The Bertz CT molecular complexity index is 275. The highest BCUT2D eigenvalue weighted by Gasteiger charge is 2.23. The van der Waals surface area contributed by atoms with E-state index in [-0.39, 0.29) is 5.91 Å². The molecule has 0 aliphatic heterocycles. The third-order valence-electron chi connectivity index (χ3n) is 3.14. The number of hydrogen-bond acceptors (Lipinski definition) is 3. The van der Waals surface area contributed by atoms with Gasteiger partial charge in [0.05, 0.1) is 0 Å². The number of carboxylic acid groups (broad SMARTS) is 1. The van der Waals surface area contributed by atoms with E-state index in [1.165, 1.54) is 19.8 Å². The number of hydrogen-bond donors (Lipinski definition) is 2. The Balaban J connectivity index is 2.31. The minimum absolute atomic E-state index is 0.282. The summed E-state index contributed by atoms with van der Waals surface area (Å²) in [4.78, 5) is 21.8. The molecule has 4 nitrogen and oxygen atoms in total. The van der Waals surface area contributed by atoms with Crippen LogP contribution in [-0.2, 0) is 9.59 Å². The average Bonchev–Trinajstić information content (AvgIpc) is 2.25. The summed E-state index contributed by atoms with van der Waals surface area (Å²) in [6, 6.07) is -0.753. The van der Waals surface area contributed by atoms with Gasteiger partial charge in [-0.2, -0.15) is 11.8 Å². The quantitative estimate of drug-likeness (QED) is 0.791. The van der Waals surface area contributed by atoms with Crippen molar-refractivity contribution < 1.29 is 14.7 Å². The van der Waals surface area contributed by atoms with Gasteiger partial charge in [0, 0.05) is 17.9 Å². The summed E-state index contributed by atoms with van der Waals surface area (Å²) in [6.07, 6.45) is 4.79. The molecule has 98 valence electrons. The zero-order valence-electron chi connectivity index (χ0n) is 10.4. The molecule has 0 aromatic heterocycles. The fourth-order valence-corrected chi connectivity index (χ4v) is 3.34. The molecule has 1 unspecified atom stereocenters. The van der Waals surface area contributed by atoms with E-state index in [2.05, 4.69) is 12.2 Å². The van der Waals surface area contributed by atoms with E-state index in [4.69, 9.17) is 5.11 Å². The molecule has 0 aromatic carbocycles. The second-order valence-corrected chi connectivity index (χ2v) is 6.14. The molecule has 17 heavy (non-hydrogen) atoms. The molecule has 1 saturated carbocycles. The van der Waals surface area contributed by atoms with E-state index < -0.39 is 12.0 Å².